The van der Waals surface area contributed by atoms with Crippen LogP contribution in [0.15, 0.2) is 218 Å². The van der Waals surface area contributed by atoms with Gasteiger partial charge in [-0.15, -0.1) is 0 Å². The summed E-state index contributed by atoms with van der Waals surface area (Å²) in [5.41, 5.74) is 17.3. The van der Waals surface area contributed by atoms with Crippen molar-refractivity contribution in [1.82, 2.24) is 0 Å². The van der Waals surface area contributed by atoms with Crippen molar-refractivity contribution < 1.29 is 0 Å². The van der Waals surface area contributed by atoms with E-state index in [1.807, 2.05) is 0 Å². The van der Waals surface area contributed by atoms with Crippen LogP contribution in [0.2, 0.25) is 0 Å². The highest BCUT2D eigenvalue weighted by atomic mass is 14.3. The number of benzene rings is 8. The molecule has 8 aromatic carbocycles. The zero-order valence-electron chi connectivity index (χ0n) is 31.0. The summed E-state index contributed by atoms with van der Waals surface area (Å²) in [5.74, 6) is -0.0789. The minimum Gasteiger partial charge on any atom is -0.192 e. The van der Waals surface area contributed by atoms with Crippen LogP contribution < -0.4 is 0 Å². The maximum absolute atomic E-state index is 11.7. The monoisotopic (exact) mass is 713 g/mol. The standard InChI is InChI=1S/C55H39N/c56-38-53-54(49-33-45(39-19-7-1-8-20-39)31-46(34-49)40-21-9-2-10-22-40)51(43-27-15-5-16-28-43)37-52(44-29-17-6-18-30-44)55(53)50-35-47(41-23-11-3-12-24-41)32-48(36-50)42-25-13-4-14-26-42/h1-35,37,50H,36H2. The Kier molecular flexibility index (Phi) is 9.61. The molecule has 1 unspecified atom stereocenters. The number of nitriles is 1. The summed E-state index contributed by atoms with van der Waals surface area (Å²) in [6.07, 6.45) is 5.49. The third kappa shape index (κ3) is 6.93. The molecule has 0 saturated carbocycles. The maximum atomic E-state index is 11.7. The predicted octanol–water partition coefficient (Wildman–Crippen LogP) is 14.5. The minimum absolute atomic E-state index is 0.0789. The van der Waals surface area contributed by atoms with E-state index in [9.17, 15) is 5.26 Å². The lowest BCUT2D eigenvalue weighted by atomic mass is 9.74. The molecule has 1 nitrogen and oxygen atoms in total. The van der Waals surface area contributed by atoms with E-state index in [2.05, 4.69) is 224 Å². The Morgan fingerprint density at radius 2 is 0.804 bits per heavy atom. The Bertz CT molecular complexity index is 2670. The lowest BCUT2D eigenvalue weighted by Gasteiger charge is -2.28. The fourth-order valence-electron chi connectivity index (χ4n) is 8.22. The van der Waals surface area contributed by atoms with Gasteiger partial charge in [0, 0.05) is 11.5 Å². The van der Waals surface area contributed by atoms with Gasteiger partial charge in [-0.1, -0.05) is 194 Å². The first-order chi connectivity index (χ1) is 27.7. The molecule has 0 N–H and O–H groups in total. The SMILES string of the molecule is N#Cc1c(-c2cc(-c3ccccc3)cc(-c3ccccc3)c2)c(-c2ccccc2)cc(-c2ccccc2)c1C1C=C(c2ccccc2)C=C(c2ccccc2)C1. The van der Waals surface area contributed by atoms with E-state index >= 15 is 0 Å². The van der Waals surface area contributed by atoms with Gasteiger partial charge in [0.05, 0.1) is 5.56 Å². The molecule has 56 heavy (non-hydrogen) atoms. The Balaban J connectivity index is 1.37. The van der Waals surface area contributed by atoms with E-state index < -0.39 is 0 Å². The van der Waals surface area contributed by atoms with E-state index in [4.69, 9.17) is 0 Å². The van der Waals surface area contributed by atoms with Crippen molar-refractivity contribution in [3.05, 3.63) is 241 Å². The van der Waals surface area contributed by atoms with Gasteiger partial charge in [0.2, 0.25) is 0 Å². The van der Waals surface area contributed by atoms with Crippen molar-refractivity contribution in [2.24, 2.45) is 0 Å². The molecule has 264 valence electrons. The van der Waals surface area contributed by atoms with Gasteiger partial charge < -0.3 is 0 Å². The topological polar surface area (TPSA) is 23.8 Å². The summed E-state index contributed by atoms with van der Waals surface area (Å²) in [5, 5.41) is 11.7. The first kappa shape index (κ1) is 34.5. The van der Waals surface area contributed by atoms with Crippen LogP contribution in [0.5, 0.6) is 0 Å². The number of allylic oxidation sites excluding steroid dienone is 4. The van der Waals surface area contributed by atoms with Crippen LogP contribution in [0.25, 0.3) is 66.8 Å². The van der Waals surface area contributed by atoms with E-state index in [0.29, 0.717) is 5.56 Å². The number of hydrogen-bond acceptors (Lipinski definition) is 1. The van der Waals surface area contributed by atoms with Gasteiger partial charge in [0.1, 0.15) is 6.07 Å². The normalized spacial score (nSPS) is 13.7. The molecule has 9 rings (SSSR count). The van der Waals surface area contributed by atoms with Crippen LogP contribution in [-0.4, -0.2) is 0 Å². The smallest absolute Gasteiger partial charge is 0.100 e. The first-order valence-electron chi connectivity index (χ1n) is 19.2. The molecule has 0 amide bonds. The summed E-state index contributed by atoms with van der Waals surface area (Å²) >= 11 is 0. The quantitative estimate of drug-likeness (QED) is 0.154. The van der Waals surface area contributed by atoms with Crippen molar-refractivity contribution in [1.29, 1.82) is 5.26 Å². The number of rotatable bonds is 8. The second-order valence-electron chi connectivity index (χ2n) is 14.3. The lowest BCUT2D eigenvalue weighted by molar-refractivity contribution is 0.869. The average molecular weight is 714 g/mol. The molecule has 0 radical (unpaired) electrons. The summed E-state index contributed by atoms with van der Waals surface area (Å²) in [7, 11) is 0. The predicted molar refractivity (Wildman–Crippen MR) is 235 cm³/mol. The average Bonchev–Trinajstić information content (AvgIpc) is 3.29. The van der Waals surface area contributed by atoms with Crippen molar-refractivity contribution in [2.75, 3.05) is 0 Å². The molecule has 0 fully saturated rings. The number of hydrogen-bond donors (Lipinski definition) is 0. The fourth-order valence-corrected chi connectivity index (χ4v) is 8.22. The van der Waals surface area contributed by atoms with E-state index in [0.717, 1.165) is 78.8 Å². The third-order valence-electron chi connectivity index (χ3n) is 10.9. The Labute approximate surface area is 329 Å². The summed E-state index contributed by atoms with van der Waals surface area (Å²) < 4.78 is 0. The first-order valence-corrected chi connectivity index (χ1v) is 19.2. The highest BCUT2D eigenvalue weighted by Gasteiger charge is 2.29. The van der Waals surface area contributed by atoms with E-state index in [1.54, 1.807) is 0 Å². The Morgan fingerprint density at radius 1 is 0.393 bits per heavy atom. The molecule has 0 aromatic heterocycles. The van der Waals surface area contributed by atoms with Crippen LogP contribution in [0, 0.1) is 11.3 Å². The van der Waals surface area contributed by atoms with Crippen molar-refractivity contribution in [2.45, 2.75) is 12.3 Å². The van der Waals surface area contributed by atoms with Gasteiger partial charge in [-0.05, 0) is 109 Å². The third-order valence-corrected chi connectivity index (χ3v) is 10.9. The van der Waals surface area contributed by atoms with Crippen molar-refractivity contribution >= 4 is 11.1 Å². The molecular formula is C55H39N. The van der Waals surface area contributed by atoms with Gasteiger partial charge in [0.25, 0.3) is 0 Å². The van der Waals surface area contributed by atoms with Crippen LogP contribution in [0.4, 0.5) is 0 Å². The molecule has 1 heteroatoms. The second kappa shape index (κ2) is 15.6. The van der Waals surface area contributed by atoms with Crippen molar-refractivity contribution in [3.63, 3.8) is 0 Å². The molecule has 8 aromatic rings. The summed E-state index contributed by atoms with van der Waals surface area (Å²) in [6.45, 7) is 0. The van der Waals surface area contributed by atoms with Crippen molar-refractivity contribution in [3.8, 4) is 61.7 Å². The Morgan fingerprint density at radius 3 is 1.29 bits per heavy atom. The molecular weight excluding hydrogens is 675 g/mol. The zero-order valence-corrected chi connectivity index (χ0v) is 31.0. The van der Waals surface area contributed by atoms with Gasteiger partial charge in [0.15, 0.2) is 0 Å². The maximum Gasteiger partial charge on any atom is 0.100 e. The molecule has 1 atom stereocenters. The lowest BCUT2D eigenvalue weighted by Crippen LogP contribution is -2.09. The molecule has 0 saturated heterocycles. The van der Waals surface area contributed by atoms with Gasteiger partial charge >= 0.3 is 0 Å². The fraction of sp³-hybridized carbons (Fsp3) is 0.0364. The molecule has 0 aliphatic heterocycles. The zero-order chi connectivity index (χ0) is 37.7. The van der Waals surface area contributed by atoms with Crippen LogP contribution >= 0.6 is 0 Å². The highest BCUT2D eigenvalue weighted by Crippen LogP contribution is 2.49. The minimum atomic E-state index is -0.0789. The molecule has 1 aliphatic carbocycles. The van der Waals surface area contributed by atoms with Crippen LogP contribution in [0.3, 0.4) is 0 Å². The molecule has 1 aliphatic rings. The van der Waals surface area contributed by atoms with Gasteiger partial charge in [-0.3, -0.25) is 0 Å². The number of nitrogens with zero attached hydrogens (tertiary/aromatic N) is 1. The van der Waals surface area contributed by atoms with Crippen LogP contribution in [0.1, 0.15) is 34.6 Å². The van der Waals surface area contributed by atoms with Gasteiger partial charge in [-0.25, -0.2) is 0 Å². The molecule has 0 heterocycles. The summed E-state index contributed by atoms with van der Waals surface area (Å²) in [4.78, 5) is 0. The van der Waals surface area contributed by atoms with Crippen LogP contribution in [-0.2, 0) is 0 Å². The second-order valence-corrected chi connectivity index (χ2v) is 14.3. The Hall–Kier alpha value is -7.27. The molecule has 0 spiro atoms. The van der Waals surface area contributed by atoms with E-state index in [1.165, 1.54) is 11.1 Å². The van der Waals surface area contributed by atoms with Gasteiger partial charge in [-0.2, -0.15) is 5.26 Å². The van der Waals surface area contributed by atoms with E-state index in [-0.39, 0.29) is 5.92 Å². The molecule has 0 bridgehead atoms. The highest BCUT2D eigenvalue weighted by molar-refractivity contribution is 5.97. The largest absolute Gasteiger partial charge is 0.192 e. The summed E-state index contributed by atoms with van der Waals surface area (Å²) in [6, 6.07) is 75.6.